The van der Waals surface area contributed by atoms with Crippen LogP contribution < -0.4 is 15.4 Å². The summed E-state index contributed by atoms with van der Waals surface area (Å²) in [5, 5.41) is -0.104. The zero-order chi connectivity index (χ0) is 27.0. The molecule has 2 aromatic heterocycles. The zero-order valence-electron chi connectivity index (χ0n) is 20.4. The van der Waals surface area contributed by atoms with Crippen LogP contribution in [0.4, 0.5) is 14.7 Å². The number of fused-ring (bicyclic) bond motifs is 1. The second-order valence-electron chi connectivity index (χ2n) is 9.27. The van der Waals surface area contributed by atoms with E-state index >= 15 is 0 Å². The minimum absolute atomic E-state index is 0.0609. The lowest BCUT2D eigenvalue weighted by Crippen LogP contribution is -2.54. The summed E-state index contributed by atoms with van der Waals surface area (Å²) in [4.78, 5) is 27.2. The van der Waals surface area contributed by atoms with Crippen molar-refractivity contribution in [2.45, 2.75) is 38.5 Å². The van der Waals surface area contributed by atoms with Crippen LogP contribution in [0.5, 0.6) is 5.75 Å². The summed E-state index contributed by atoms with van der Waals surface area (Å²) in [6.07, 6.45) is 4.33. The van der Waals surface area contributed by atoms with E-state index < -0.39 is 17.4 Å². The average Bonchev–Trinajstić information content (AvgIpc) is 3.20. The number of carbonyl (C=O) groups excluding carboxylic acids is 1. The molecule has 2 N–H and O–H groups in total. The van der Waals surface area contributed by atoms with Crippen LogP contribution in [0.25, 0.3) is 22.2 Å². The van der Waals surface area contributed by atoms with Crippen LogP contribution in [0, 0.1) is 6.92 Å². The topological polar surface area (TPSA) is 99.2 Å². The minimum atomic E-state index is -2.95. The summed E-state index contributed by atoms with van der Waals surface area (Å²) in [5.41, 5.74) is 8.83. The van der Waals surface area contributed by atoms with E-state index in [4.69, 9.17) is 33.7 Å². The summed E-state index contributed by atoms with van der Waals surface area (Å²) < 4.78 is 32.5. The minimum Gasteiger partial charge on any atom is -0.434 e. The molecule has 2 aromatic carbocycles. The van der Waals surface area contributed by atoms with Crippen LogP contribution in [0.3, 0.4) is 0 Å². The van der Waals surface area contributed by atoms with Gasteiger partial charge in [0.05, 0.1) is 23.1 Å². The van der Waals surface area contributed by atoms with Gasteiger partial charge in [-0.2, -0.15) is 8.78 Å². The van der Waals surface area contributed by atoms with E-state index in [1.54, 1.807) is 18.5 Å². The molecule has 8 nitrogen and oxygen atoms in total. The highest BCUT2D eigenvalue weighted by atomic mass is 35.5. The molecule has 3 heterocycles. The van der Waals surface area contributed by atoms with Crippen LogP contribution in [-0.4, -0.2) is 50.0 Å². The predicted octanol–water partition coefficient (Wildman–Crippen LogP) is 5.17. The van der Waals surface area contributed by atoms with Gasteiger partial charge in [0.25, 0.3) is 0 Å². The number of nitrogens with zero attached hydrogens (tertiary/aromatic N) is 5. The number of hydrogen-bond acceptors (Lipinski definition) is 7. The summed E-state index contributed by atoms with van der Waals surface area (Å²) >= 11 is 11.8. The molecule has 0 spiro atoms. The molecule has 198 valence electrons. The van der Waals surface area contributed by atoms with Crippen LogP contribution in [0.2, 0.25) is 5.02 Å². The second-order valence-corrected chi connectivity index (χ2v) is 10.0. The SMILES string of the molecule is Cc1nc2ccc(-c3cnc(N4CCC(N)(C(=O)Cl)CC4)nc3)cc2n1Cc1cc(Cl)ccc1OC(F)F. The number of anilines is 1. The molecule has 5 rings (SSSR count). The van der Waals surface area contributed by atoms with Gasteiger partial charge in [0.15, 0.2) is 0 Å². The van der Waals surface area contributed by atoms with Gasteiger partial charge in [-0.3, -0.25) is 4.79 Å². The van der Waals surface area contributed by atoms with Crippen LogP contribution >= 0.6 is 23.2 Å². The number of halogens is 4. The molecular formula is C26H24Cl2F2N6O2. The third-order valence-corrected chi connectivity index (χ3v) is 7.42. The van der Waals surface area contributed by atoms with E-state index in [0.29, 0.717) is 48.3 Å². The van der Waals surface area contributed by atoms with Crippen molar-refractivity contribution >= 4 is 45.4 Å². The first-order valence-corrected chi connectivity index (χ1v) is 12.6. The number of rotatable bonds is 7. The molecule has 0 aliphatic carbocycles. The molecule has 1 fully saturated rings. The Morgan fingerprint density at radius 3 is 2.50 bits per heavy atom. The van der Waals surface area contributed by atoms with Gasteiger partial charge in [-0.25, -0.2) is 15.0 Å². The first-order chi connectivity index (χ1) is 18.1. The van der Waals surface area contributed by atoms with Gasteiger partial charge in [0.1, 0.15) is 11.6 Å². The third-order valence-electron chi connectivity index (χ3n) is 6.81. The highest BCUT2D eigenvalue weighted by molar-refractivity contribution is 6.65. The number of imidazole rings is 1. The lowest BCUT2D eigenvalue weighted by molar-refractivity contribution is -0.117. The highest BCUT2D eigenvalue weighted by Gasteiger charge is 2.37. The van der Waals surface area contributed by atoms with Crippen molar-refractivity contribution in [1.29, 1.82) is 0 Å². The van der Waals surface area contributed by atoms with Gasteiger partial charge >= 0.3 is 6.61 Å². The van der Waals surface area contributed by atoms with Crippen molar-refractivity contribution in [1.82, 2.24) is 19.5 Å². The molecule has 38 heavy (non-hydrogen) atoms. The number of alkyl halides is 2. The lowest BCUT2D eigenvalue weighted by atomic mass is 9.90. The first-order valence-electron chi connectivity index (χ1n) is 11.9. The Balaban J connectivity index is 1.41. The molecule has 0 atom stereocenters. The number of carbonyl (C=O) groups is 1. The fourth-order valence-corrected chi connectivity index (χ4v) is 4.99. The number of ether oxygens (including phenoxy) is 1. The summed E-state index contributed by atoms with van der Waals surface area (Å²) in [5.74, 6) is 1.32. The van der Waals surface area contributed by atoms with Crippen LogP contribution in [-0.2, 0) is 11.3 Å². The third kappa shape index (κ3) is 5.29. The number of piperidine rings is 1. The molecule has 0 unspecified atom stereocenters. The number of hydrogen-bond donors (Lipinski definition) is 1. The molecule has 1 aliphatic heterocycles. The number of benzene rings is 2. The average molecular weight is 561 g/mol. The quantitative estimate of drug-likeness (QED) is 0.311. The maximum Gasteiger partial charge on any atom is 0.387 e. The Bertz CT molecular complexity index is 1490. The van der Waals surface area contributed by atoms with E-state index in [9.17, 15) is 13.6 Å². The van der Waals surface area contributed by atoms with Crippen molar-refractivity contribution in [3.63, 3.8) is 0 Å². The fourth-order valence-electron chi connectivity index (χ4n) is 4.61. The van der Waals surface area contributed by atoms with Gasteiger partial charge in [0.2, 0.25) is 11.2 Å². The Kier molecular flexibility index (Phi) is 7.21. The van der Waals surface area contributed by atoms with Crippen LogP contribution in [0.1, 0.15) is 24.2 Å². The van der Waals surface area contributed by atoms with Crippen molar-refractivity contribution in [3.05, 3.63) is 65.2 Å². The molecule has 0 amide bonds. The van der Waals surface area contributed by atoms with Crippen molar-refractivity contribution < 1.29 is 18.3 Å². The Labute approximate surface area is 227 Å². The largest absolute Gasteiger partial charge is 0.434 e. The number of nitrogens with two attached hydrogens (primary N) is 1. The Morgan fingerprint density at radius 2 is 1.84 bits per heavy atom. The Morgan fingerprint density at radius 1 is 1.13 bits per heavy atom. The normalized spacial score (nSPS) is 15.3. The van der Waals surface area contributed by atoms with Crippen molar-refractivity contribution in [2.24, 2.45) is 5.73 Å². The molecule has 1 aliphatic rings. The van der Waals surface area contributed by atoms with Gasteiger partial charge < -0.3 is 19.9 Å². The number of aromatic nitrogens is 4. The molecular weight excluding hydrogens is 537 g/mol. The highest BCUT2D eigenvalue weighted by Crippen LogP contribution is 2.30. The first kappa shape index (κ1) is 26.3. The summed E-state index contributed by atoms with van der Waals surface area (Å²) in [6.45, 7) is 0.198. The molecule has 0 radical (unpaired) electrons. The maximum absolute atomic E-state index is 13.0. The molecule has 4 aromatic rings. The summed E-state index contributed by atoms with van der Waals surface area (Å²) in [6, 6.07) is 10.3. The van der Waals surface area contributed by atoms with Crippen LogP contribution in [0.15, 0.2) is 48.8 Å². The lowest BCUT2D eigenvalue weighted by Gasteiger charge is -2.36. The van der Waals surface area contributed by atoms with Gasteiger partial charge in [0, 0.05) is 41.6 Å². The van der Waals surface area contributed by atoms with Gasteiger partial charge in [-0.05, 0) is 67.3 Å². The zero-order valence-corrected chi connectivity index (χ0v) is 21.9. The van der Waals surface area contributed by atoms with Gasteiger partial charge in [-0.15, -0.1) is 0 Å². The predicted molar refractivity (Wildman–Crippen MR) is 142 cm³/mol. The Hall–Kier alpha value is -3.34. The molecule has 0 bridgehead atoms. The van der Waals surface area contributed by atoms with E-state index in [-0.39, 0.29) is 12.3 Å². The number of aryl methyl sites for hydroxylation is 1. The summed E-state index contributed by atoms with van der Waals surface area (Å²) in [7, 11) is 0. The van der Waals surface area contributed by atoms with Crippen molar-refractivity contribution in [3.8, 4) is 16.9 Å². The smallest absolute Gasteiger partial charge is 0.387 e. The second kappa shape index (κ2) is 10.4. The monoisotopic (exact) mass is 560 g/mol. The maximum atomic E-state index is 13.0. The molecule has 0 saturated carbocycles. The van der Waals surface area contributed by atoms with E-state index in [2.05, 4.69) is 15.0 Å². The molecule has 1 saturated heterocycles. The van der Waals surface area contributed by atoms with E-state index in [1.807, 2.05) is 34.6 Å². The van der Waals surface area contributed by atoms with Crippen molar-refractivity contribution in [2.75, 3.05) is 18.0 Å². The van der Waals surface area contributed by atoms with E-state index in [1.165, 1.54) is 12.1 Å². The van der Waals surface area contributed by atoms with E-state index in [0.717, 1.165) is 22.2 Å². The molecule has 12 heteroatoms. The fraction of sp³-hybridized carbons (Fsp3) is 0.308. The standard InChI is InChI=1S/C26H24Cl2F2N6O2/c1-15-34-20-4-2-16(11-21(20)36(15)14-17-10-19(27)3-5-22(17)38-24(29)30)18-12-32-25(33-13-18)35-8-6-26(31,7-9-35)23(28)37/h2-5,10-13,24H,6-9,14,31H2,1H3. The van der Waals surface area contributed by atoms with Gasteiger partial charge in [-0.1, -0.05) is 17.7 Å².